The first-order chi connectivity index (χ1) is 19.4. The SMILES string of the molecule is Cc1sc(-c2ccc(CC[N+](C)(C)C)cc2)cc1C1=C(c2cc(-c3ccc(CC[N+](C)(C)C)cc3)sc2C)CCC1.[I-].[I-]. The van der Waals surface area contributed by atoms with Crippen molar-refractivity contribution in [3.8, 4) is 20.9 Å². The van der Waals surface area contributed by atoms with E-state index in [2.05, 4.69) is 117 Å². The number of allylic oxidation sites excluding steroid dienone is 2. The maximum Gasteiger partial charge on any atom is 0.0821 e. The van der Waals surface area contributed by atoms with Crippen LogP contribution in [0.3, 0.4) is 0 Å². The zero-order valence-corrected chi connectivity index (χ0v) is 33.1. The Bertz CT molecular complexity index is 1410. The smallest absolute Gasteiger partial charge is 0.0821 e. The average molecular weight is 839 g/mol. The number of nitrogens with zero attached hydrogens (tertiary/aromatic N) is 2. The predicted octanol–water partition coefficient (Wildman–Crippen LogP) is 3.36. The molecule has 0 N–H and O–H groups in total. The van der Waals surface area contributed by atoms with Gasteiger partial charge in [0.15, 0.2) is 0 Å². The van der Waals surface area contributed by atoms with Gasteiger partial charge in [0, 0.05) is 32.4 Å². The van der Waals surface area contributed by atoms with Crippen molar-refractivity contribution in [1.29, 1.82) is 0 Å². The summed E-state index contributed by atoms with van der Waals surface area (Å²) in [6.07, 6.45) is 5.86. The quantitative estimate of drug-likeness (QED) is 0.170. The average Bonchev–Trinajstić information content (AvgIpc) is 3.64. The van der Waals surface area contributed by atoms with Gasteiger partial charge in [-0.1, -0.05) is 48.5 Å². The summed E-state index contributed by atoms with van der Waals surface area (Å²) < 4.78 is 2.00. The third-order valence-electron chi connectivity index (χ3n) is 8.32. The molecule has 0 aliphatic heterocycles. The molecular weight excluding hydrogens is 790 g/mol. The summed E-state index contributed by atoms with van der Waals surface area (Å²) in [6, 6.07) is 23.6. The minimum absolute atomic E-state index is 0. The van der Waals surface area contributed by atoms with E-state index in [1.54, 1.807) is 11.1 Å². The summed E-state index contributed by atoms with van der Waals surface area (Å²) >= 11 is 3.90. The van der Waals surface area contributed by atoms with Crippen molar-refractivity contribution < 1.29 is 56.9 Å². The Balaban J connectivity index is 0.00000253. The Morgan fingerprint density at radius 2 is 0.907 bits per heavy atom. The molecule has 1 aliphatic carbocycles. The van der Waals surface area contributed by atoms with Crippen molar-refractivity contribution in [2.75, 3.05) is 55.4 Å². The molecule has 2 nitrogen and oxygen atoms in total. The third kappa shape index (κ3) is 9.49. The van der Waals surface area contributed by atoms with E-state index >= 15 is 0 Å². The number of quaternary nitrogens is 2. The van der Waals surface area contributed by atoms with Gasteiger partial charge >= 0.3 is 0 Å². The van der Waals surface area contributed by atoms with Crippen molar-refractivity contribution in [2.24, 2.45) is 0 Å². The number of aryl methyl sites for hydroxylation is 2. The summed E-state index contributed by atoms with van der Waals surface area (Å²) in [6.45, 7) is 6.94. The van der Waals surface area contributed by atoms with Gasteiger partial charge < -0.3 is 56.9 Å². The first-order valence-corrected chi connectivity index (χ1v) is 16.7. The van der Waals surface area contributed by atoms with Crippen LogP contribution in [0.25, 0.3) is 32.0 Å². The highest BCUT2D eigenvalue weighted by Gasteiger charge is 2.23. The van der Waals surface area contributed by atoms with Gasteiger partial charge in [0.1, 0.15) is 0 Å². The van der Waals surface area contributed by atoms with E-state index in [9.17, 15) is 0 Å². The normalized spacial score (nSPS) is 13.7. The number of likely N-dealkylation sites (N-methyl/N-ethyl adjacent to an activating group) is 2. The lowest BCUT2D eigenvalue weighted by atomic mass is 9.96. The van der Waals surface area contributed by atoms with Crippen LogP contribution in [0.2, 0.25) is 0 Å². The molecule has 2 heterocycles. The third-order valence-corrected chi connectivity index (χ3v) is 10.5. The van der Waals surface area contributed by atoms with E-state index in [0.717, 1.165) is 34.9 Å². The van der Waals surface area contributed by atoms with E-state index in [1.165, 1.54) is 72.2 Å². The summed E-state index contributed by atoms with van der Waals surface area (Å²) in [5.41, 5.74) is 11.6. The first kappa shape index (κ1) is 36.4. The second-order valence-electron chi connectivity index (χ2n) is 13.9. The molecule has 0 spiro atoms. The molecule has 6 heteroatoms. The number of halogens is 2. The Kier molecular flexibility index (Phi) is 12.7. The summed E-state index contributed by atoms with van der Waals surface area (Å²) in [7, 11) is 13.6. The van der Waals surface area contributed by atoms with Crippen molar-refractivity contribution in [3.63, 3.8) is 0 Å². The lowest BCUT2D eigenvalue weighted by Gasteiger charge is -2.23. The molecule has 43 heavy (non-hydrogen) atoms. The van der Waals surface area contributed by atoms with Crippen LogP contribution in [0.4, 0.5) is 0 Å². The maximum atomic E-state index is 2.47. The van der Waals surface area contributed by atoms with Crippen LogP contribution in [0.1, 0.15) is 51.3 Å². The van der Waals surface area contributed by atoms with Crippen LogP contribution >= 0.6 is 22.7 Å². The van der Waals surface area contributed by atoms with Crippen LogP contribution in [-0.4, -0.2) is 64.3 Å². The zero-order valence-electron chi connectivity index (χ0n) is 27.2. The fourth-order valence-corrected chi connectivity index (χ4v) is 7.89. The van der Waals surface area contributed by atoms with E-state index in [4.69, 9.17) is 0 Å². The molecule has 0 amide bonds. The molecule has 2 aromatic carbocycles. The standard InChI is InChI=1S/C37H48N2S2.2HI/c1-26-34(24-36(40-26)30-16-12-28(13-17-30)20-22-38(3,4)5)32-10-9-11-33(32)35-25-37(41-27(35)2)31-18-14-29(15-19-31)21-23-39(6,7)8;;/h12-19,24-25H,9-11,20-23H2,1-8H3;2*1H/q+2;;/p-2. The topological polar surface area (TPSA) is 0 Å². The molecule has 0 saturated carbocycles. The zero-order chi connectivity index (χ0) is 29.4. The molecular formula is C37H48I2N2S2. The summed E-state index contributed by atoms with van der Waals surface area (Å²) in [5, 5.41) is 0. The van der Waals surface area contributed by atoms with Gasteiger partial charge in [0.05, 0.1) is 55.4 Å². The molecule has 0 saturated heterocycles. The highest BCUT2D eigenvalue weighted by Crippen LogP contribution is 2.47. The fraction of sp³-hybridized carbons (Fsp3) is 0.405. The van der Waals surface area contributed by atoms with Crippen LogP contribution in [0, 0.1) is 13.8 Å². The minimum Gasteiger partial charge on any atom is -1.00 e. The Labute approximate surface area is 303 Å². The Morgan fingerprint density at radius 1 is 0.558 bits per heavy atom. The molecule has 1 aliphatic rings. The van der Waals surface area contributed by atoms with E-state index in [-0.39, 0.29) is 48.0 Å². The maximum absolute atomic E-state index is 2.47. The van der Waals surface area contributed by atoms with E-state index < -0.39 is 0 Å². The molecule has 0 fully saturated rings. The lowest BCUT2D eigenvalue weighted by molar-refractivity contribution is -0.870. The van der Waals surface area contributed by atoms with Gasteiger partial charge in [-0.2, -0.15) is 0 Å². The minimum atomic E-state index is 0. The van der Waals surface area contributed by atoms with Gasteiger partial charge in [0.25, 0.3) is 0 Å². The number of hydrogen-bond acceptors (Lipinski definition) is 2. The molecule has 0 bridgehead atoms. The van der Waals surface area contributed by atoms with Crippen LogP contribution in [0.15, 0.2) is 60.7 Å². The number of hydrogen-bond donors (Lipinski definition) is 0. The largest absolute Gasteiger partial charge is 1.00 e. The molecule has 4 aromatic rings. The number of benzene rings is 2. The van der Waals surface area contributed by atoms with Crippen LogP contribution in [-0.2, 0) is 12.8 Å². The molecule has 232 valence electrons. The van der Waals surface area contributed by atoms with Crippen molar-refractivity contribution in [1.82, 2.24) is 0 Å². The van der Waals surface area contributed by atoms with Crippen LogP contribution in [0.5, 0.6) is 0 Å². The summed E-state index contributed by atoms with van der Waals surface area (Å²) in [5.74, 6) is 0. The molecule has 0 unspecified atom stereocenters. The first-order valence-electron chi connectivity index (χ1n) is 15.1. The second-order valence-corrected chi connectivity index (χ2v) is 16.4. The highest BCUT2D eigenvalue weighted by atomic mass is 127. The highest BCUT2D eigenvalue weighted by molar-refractivity contribution is 7.16. The molecule has 5 rings (SSSR count). The van der Waals surface area contributed by atoms with Gasteiger partial charge in [-0.15, -0.1) is 22.7 Å². The second kappa shape index (κ2) is 15.0. The lowest BCUT2D eigenvalue weighted by Crippen LogP contribution is -3.00. The van der Waals surface area contributed by atoms with E-state index in [0.29, 0.717) is 0 Å². The van der Waals surface area contributed by atoms with Gasteiger partial charge in [-0.25, -0.2) is 0 Å². The monoisotopic (exact) mass is 838 g/mol. The van der Waals surface area contributed by atoms with Crippen molar-refractivity contribution in [2.45, 2.75) is 46.0 Å². The van der Waals surface area contributed by atoms with Crippen molar-refractivity contribution >= 4 is 33.8 Å². The molecule has 0 atom stereocenters. The molecule has 0 radical (unpaired) electrons. The van der Waals surface area contributed by atoms with E-state index in [1.807, 2.05) is 22.7 Å². The Morgan fingerprint density at radius 3 is 1.23 bits per heavy atom. The Hall–Kier alpha value is -1.04. The fourth-order valence-electron chi connectivity index (χ4n) is 5.79. The van der Waals surface area contributed by atoms with Crippen LogP contribution < -0.4 is 48.0 Å². The van der Waals surface area contributed by atoms with Gasteiger partial charge in [-0.3, -0.25) is 0 Å². The van der Waals surface area contributed by atoms with Gasteiger partial charge in [0.2, 0.25) is 0 Å². The summed E-state index contributed by atoms with van der Waals surface area (Å²) in [4.78, 5) is 5.67. The predicted molar refractivity (Wildman–Crippen MR) is 183 cm³/mol. The number of rotatable bonds is 10. The molecule has 2 aromatic heterocycles. The van der Waals surface area contributed by atoms with Gasteiger partial charge in [-0.05, 0) is 89.8 Å². The van der Waals surface area contributed by atoms with Crippen molar-refractivity contribution in [3.05, 3.63) is 92.7 Å². The number of thiophene rings is 2.